The molecule has 1 heterocycles. The third-order valence-electron chi connectivity index (χ3n) is 3.28. The Labute approximate surface area is 131 Å². The van der Waals surface area contributed by atoms with Crippen molar-refractivity contribution in [2.45, 2.75) is 19.4 Å². The number of nitrogens with one attached hydrogen (secondary N) is 1. The molecule has 1 unspecified atom stereocenters. The molecule has 1 aromatic carbocycles. The van der Waals surface area contributed by atoms with Gasteiger partial charge >= 0.3 is 0 Å². The molecule has 1 N–H and O–H groups in total. The van der Waals surface area contributed by atoms with Gasteiger partial charge in [-0.25, -0.2) is 0 Å². The highest BCUT2D eigenvalue weighted by atomic mass is 32.1. The number of hydrogen-bond donors (Lipinski definition) is 1. The van der Waals surface area contributed by atoms with Crippen LogP contribution in [0.5, 0.6) is 5.75 Å². The minimum atomic E-state index is 0.363. The fourth-order valence-electron chi connectivity index (χ4n) is 2.09. The number of anilines is 1. The molecule has 1 atom stereocenters. The zero-order valence-electron chi connectivity index (χ0n) is 13.0. The predicted octanol–water partition coefficient (Wildman–Crippen LogP) is 4.25. The highest BCUT2D eigenvalue weighted by molar-refractivity contribution is 7.10. The van der Waals surface area contributed by atoms with E-state index in [9.17, 15) is 0 Å². The molecule has 0 aliphatic rings. The van der Waals surface area contributed by atoms with E-state index in [4.69, 9.17) is 4.74 Å². The van der Waals surface area contributed by atoms with Gasteiger partial charge in [0.2, 0.25) is 0 Å². The third kappa shape index (κ3) is 5.06. The topological polar surface area (TPSA) is 24.5 Å². The number of hydrogen-bond acceptors (Lipinski definition) is 4. The van der Waals surface area contributed by atoms with Crippen molar-refractivity contribution >= 4 is 17.0 Å². The summed E-state index contributed by atoms with van der Waals surface area (Å²) in [6.45, 7) is 3.83. The van der Waals surface area contributed by atoms with Crippen molar-refractivity contribution in [1.82, 2.24) is 4.90 Å². The zero-order valence-corrected chi connectivity index (χ0v) is 13.8. The standard InChI is InChI=1S/C17H24N2OS/c1-4-16(17-9-6-12-21-17)18-14-7-5-8-15(13-14)20-11-10-19(2)3/h5-9,12-13,16,18H,4,10-11H2,1-3H3. The SMILES string of the molecule is CCC(Nc1cccc(OCCN(C)C)c1)c1cccs1. The Morgan fingerprint density at radius 3 is 2.76 bits per heavy atom. The van der Waals surface area contributed by atoms with Crippen LogP contribution in [0.25, 0.3) is 0 Å². The van der Waals surface area contributed by atoms with Crippen LogP contribution in [-0.4, -0.2) is 32.1 Å². The second-order valence-electron chi connectivity index (χ2n) is 5.30. The van der Waals surface area contributed by atoms with Crippen LogP contribution in [0.15, 0.2) is 41.8 Å². The summed E-state index contributed by atoms with van der Waals surface area (Å²) < 4.78 is 5.78. The van der Waals surface area contributed by atoms with Gasteiger partial charge in [0, 0.05) is 23.2 Å². The van der Waals surface area contributed by atoms with Gasteiger partial charge in [-0.2, -0.15) is 0 Å². The molecule has 4 heteroatoms. The van der Waals surface area contributed by atoms with Crippen molar-refractivity contribution in [2.24, 2.45) is 0 Å². The Hall–Kier alpha value is -1.52. The van der Waals surface area contributed by atoms with Gasteiger partial charge in [-0.1, -0.05) is 19.1 Å². The van der Waals surface area contributed by atoms with Crippen molar-refractivity contribution in [3.63, 3.8) is 0 Å². The lowest BCUT2D eigenvalue weighted by Crippen LogP contribution is -2.19. The van der Waals surface area contributed by atoms with Crippen molar-refractivity contribution in [1.29, 1.82) is 0 Å². The van der Waals surface area contributed by atoms with Gasteiger partial charge in [0.05, 0.1) is 6.04 Å². The van der Waals surface area contributed by atoms with Crippen LogP contribution in [0.3, 0.4) is 0 Å². The lowest BCUT2D eigenvalue weighted by Gasteiger charge is -2.18. The Morgan fingerprint density at radius 2 is 2.10 bits per heavy atom. The largest absolute Gasteiger partial charge is 0.492 e. The number of nitrogens with zero attached hydrogens (tertiary/aromatic N) is 1. The fourth-order valence-corrected chi connectivity index (χ4v) is 2.95. The second-order valence-corrected chi connectivity index (χ2v) is 6.28. The molecule has 0 saturated heterocycles. The third-order valence-corrected chi connectivity index (χ3v) is 4.26. The van der Waals surface area contributed by atoms with Gasteiger partial charge in [-0.05, 0) is 44.1 Å². The van der Waals surface area contributed by atoms with Crippen LogP contribution in [-0.2, 0) is 0 Å². The summed E-state index contributed by atoms with van der Waals surface area (Å²) in [6, 6.07) is 12.9. The number of thiophene rings is 1. The lowest BCUT2D eigenvalue weighted by molar-refractivity contribution is 0.261. The van der Waals surface area contributed by atoms with Crippen LogP contribution in [0.4, 0.5) is 5.69 Å². The molecule has 0 fully saturated rings. The molecule has 0 radical (unpaired) electrons. The molecular formula is C17H24N2OS. The molecule has 0 amide bonds. The highest BCUT2D eigenvalue weighted by Gasteiger charge is 2.10. The van der Waals surface area contributed by atoms with E-state index >= 15 is 0 Å². The molecule has 2 aromatic rings. The molecule has 0 bridgehead atoms. The van der Waals surface area contributed by atoms with Gasteiger partial charge in [0.15, 0.2) is 0 Å². The Morgan fingerprint density at radius 1 is 1.24 bits per heavy atom. The quantitative estimate of drug-likeness (QED) is 0.789. The zero-order chi connectivity index (χ0) is 15.1. The van der Waals surface area contributed by atoms with Crippen molar-refractivity contribution < 1.29 is 4.74 Å². The minimum absolute atomic E-state index is 0.363. The van der Waals surface area contributed by atoms with Gasteiger partial charge in [-0.3, -0.25) is 0 Å². The van der Waals surface area contributed by atoms with Gasteiger partial charge in [0.1, 0.15) is 12.4 Å². The normalized spacial score (nSPS) is 12.4. The van der Waals surface area contributed by atoms with Crippen molar-refractivity contribution in [2.75, 3.05) is 32.6 Å². The number of likely N-dealkylation sites (N-methyl/N-ethyl adjacent to an activating group) is 1. The Balaban J connectivity index is 1.96. The molecule has 21 heavy (non-hydrogen) atoms. The summed E-state index contributed by atoms with van der Waals surface area (Å²) >= 11 is 1.80. The van der Waals surface area contributed by atoms with Crippen LogP contribution >= 0.6 is 11.3 Å². The van der Waals surface area contributed by atoms with E-state index in [0.29, 0.717) is 12.6 Å². The molecule has 0 saturated carbocycles. The molecule has 0 aliphatic carbocycles. The van der Waals surface area contributed by atoms with E-state index < -0.39 is 0 Å². The molecular weight excluding hydrogens is 280 g/mol. The van der Waals surface area contributed by atoms with E-state index in [2.05, 4.69) is 46.8 Å². The number of rotatable bonds is 8. The van der Waals surface area contributed by atoms with E-state index in [1.165, 1.54) is 4.88 Å². The van der Waals surface area contributed by atoms with E-state index in [1.54, 1.807) is 11.3 Å². The first-order valence-corrected chi connectivity index (χ1v) is 8.24. The molecule has 3 nitrogen and oxygen atoms in total. The predicted molar refractivity (Wildman–Crippen MR) is 91.5 cm³/mol. The smallest absolute Gasteiger partial charge is 0.121 e. The first-order chi connectivity index (χ1) is 10.2. The molecule has 1 aromatic heterocycles. The monoisotopic (exact) mass is 304 g/mol. The first kappa shape index (κ1) is 15.9. The van der Waals surface area contributed by atoms with Crippen molar-refractivity contribution in [3.8, 4) is 5.75 Å². The average molecular weight is 304 g/mol. The van der Waals surface area contributed by atoms with Crippen LogP contribution in [0, 0.1) is 0 Å². The van der Waals surface area contributed by atoms with Crippen LogP contribution < -0.4 is 10.1 Å². The second kappa shape index (κ2) is 8.05. The minimum Gasteiger partial charge on any atom is -0.492 e. The summed E-state index contributed by atoms with van der Waals surface area (Å²) in [4.78, 5) is 3.49. The maximum absolute atomic E-state index is 5.78. The van der Waals surface area contributed by atoms with E-state index in [-0.39, 0.29) is 0 Å². The number of ether oxygens (including phenoxy) is 1. The Kier molecular flexibility index (Phi) is 6.08. The van der Waals surface area contributed by atoms with Crippen LogP contribution in [0.2, 0.25) is 0 Å². The molecule has 0 aliphatic heterocycles. The first-order valence-electron chi connectivity index (χ1n) is 7.36. The van der Waals surface area contributed by atoms with Gasteiger partial charge < -0.3 is 15.0 Å². The van der Waals surface area contributed by atoms with Crippen molar-refractivity contribution in [3.05, 3.63) is 46.7 Å². The van der Waals surface area contributed by atoms with Gasteiger partial charge in [0.25, 0.3) is 0 Å². The molecule has 114 valence electrons. The molecule has 0 spiro atoms. The average Bonchev–Trinajstić information content (AvgIpc) is 2.99. The lowest BCUT2D eigenvalue weighted by atomic mass is 10.1. The maximum atomic E-state index is 5.78. The Bertz CT molecular complexity index is 525. The summed E-state index contributed by atoms with van der Waals surface area (Å²) in [7, 11) is 4.10. The summed E-state index contributed by atoms with van der Waals surface area (Å²) in [5, 5.41) is 5.72. The number of benzene rings is 1. The summed E-state index contributed by atoms with van der Waals surface area (Å²) in [5.74, 6) is 0.919. The van der Waals surface area contributed by atoms with E-state index in [0.717, 1.165) is 24.4 Å². The maximum Gasteiger partial charge on any atom is 0.121 e. The van der Waals surface area contributed by atoms with E-state index in [1.807, 2.05) is 26.2 Å². The summed E-state index contributed by atoms with van der Waals surface area (Å²) in [6.07, 6.45) is 1.06. The summed E-state index contributed by atoms with van der Waals surface area (Å²) in [5.41, 5.74) is 1.11. The van der Waals surface area contributed by atoms with Gasteiger partial charge in [-0.15, -0.1) is 11.3 Å². The molecule has 2 rings (SSSR count). The highest BCUT2D eigenvalue weighted by Crippen LogP contribution is 2.27. The fraction of sp³-hybridized carbons (Fsp3) is 0.412. The van der Waals surface area contributed by atoms with Crippen LogP contribution in [0.1, 0.15) is 24.3 Å².